The van der Waals surface area contributed by atoms with Crippen molar-refractivity contribution >= 4 is 34.6 Å². The van der Waals surface area contributed by atoms with Crippen LogP contribution in [0.3, 0.4) is 0 Å². The molecule has 1 aliphatic rings. The van der Waals surface area contributed by atoms with Crippen molar-refractivity contribution in [2.45, 2.75) is 26.2 Å². The lowest BCUT2D eigenvalue weighted by atomic mass is 10.0. The molecule has 174 valence electrons. The maximum atomic E-state index is 13.3. The Balaban J connectivity index is 1.63. The molecule has 3 aromatic carbocycles. The van der Waals surface area contributed by atoms with Gasteiger partial charge in [-0.1, -0.05) is 24.3 Å². The second-order valence-electron chi connectivity index (χ2n) is 8.31. The third kappa shape index (κ3) is 5.23. The molecule has 0 aromatic heterocycles. The summed E-state index contributed by atoms with van der Waals surface area (Å²) in [5, 5.41) is 16.8. The number of para-hydroxylation sites is 1. The van der Waals surface area contributed by atoms with Crippen LogP contribution < -0.4 is 15.5 Å². The van der Waals surface area contributed by atoms with Crippen LogP contribution in [0.2, 0.25) is 0 Å². The largest absolute Gasteiger partial charge is 0.371 e. The Kier molecular flexibility index (Phi) is 6.87. The molecule has 1 fully saturated rings. The minimum atomic E-state index is -0.543. The SMILES string of the molecule is Cc1ccccc1NC(=O)c1cc(NC(=O)c2cccc([N+](=O)[O-])c2)ccc1N1CCCCC1. The van der Waals surface area contributed by atoms with Gasteiger partial charge in [-0.15, -0.1) is 0 Å². The van der Waals surface area contributed by atoms with Gasteiger partial charge in [-0.2, -0.15) is 0 Å². The average molecular weight is 459 g/mol. The highest BCUT2D eigenvalue weighted by Crippen LogP contribution is 2.29. The highest BCUT2D eigenvalue weighted by atomic mass is 16.6. The Labute approximate surface area is 197 Å². The number of amides is 2. The van der Waals surface area contributed by atoms with Crippen molar-refractivity contribution in [1.29, 1.82) is 0 Å². The van der Waals surface area contributed by atoms with E-state index in [4.69, 9.17) is 0 Å². The Morgan fingerprint density at radius 1 is 0.882 bits per heavy atom. The van der Waals surface area contributed by atoms with Gasteiger partial charge >= 0.3 is 0 Å². The molecule has 0 spiro atoms. The quantitative estimate of drug-likeness (QED) is 0.380. The average Bonchev–Trinajstić information content (AvgIpc) is 2.86. The normalized spacial score (nSPS) is 13.3. The number of carbonyl (C=O) groups is 2. The van der Waals surface area contributed by atoms with Crippen molar-refractivity contribution in [2.75, 3.05) is 28.6 Å². The van der Waals surface area contributed by atoms with Gasteiger partial charge in [0.25, 0.3) is 17.5 Å². The number of benzene rings is 3. The van der Waals surface area contributed by atoms with Crippen LogP contribution in [-0.4, -0.2) is 29.8 Å². The number of piperidine rings is 1. The number of hydrogen-bond acceptors (Lipinski definition) is 5. The van der Waals surface area contributed by atoms with Gasteiger partial charge in [-0.3, -0.25) is 19.7 Å². The number of hydrogen-bond donors (Lipinski definition) is 2. The highest BCUT2D eigenvalue weighted by Gasteiger charge is 2.21. The molecule has 1 heterocycles. The fourth-order valence-electron chi connectivity index (χ4n) is 4.07. The molecule has 0 unspecified atom stereocenters. The summed E-state index contributed by atoms with van der Waals surface area (Å²) >= 11 is 0. The van der Waals surface area contributed by atoms with E-state index in [1.165, 1.54) is 30.7 Å². The molecular weight excluding hydrogens is 432 g/mol. The lowest BCUT2D eigenvalue weighted by Gasteiger charge is -2.30. The van der Waals surface area contributed by atoms with Crippen LogP contribution in [0.15, 0.2) is 66.7 Å². The van der Waals surface area contributed by atoms with E-state index in [0.29, 0.717) is 11.3 Å². The molecular formula is C26H26N4O4. The molecule has 8 nitrogen and oxygen atoms in total. The zero-order chi connectivity index (χ0) is 24.1. The van der Waals surface area contributed by atoms with E-state index < -0.39 is 10.8 Å². The van der Waals surface area contributed by atoms with Crippen LogP contribution in [0, 0.1) is 17.0 Å². The lowest BCUT2D eigenvalue weighted by Crippen LogP contribution is -2.31. The molecule has 2 amide bonds. The van der Waals surface area contributed by atoms with Crippen molar-refractivity contribution < 1.29 is 14.5 Å². The van der Waals surface area contributed by atoms with Gasteiger partial charge in [0.05, 0.1) is 10.5 Å². The summed E-state index contributed by atoms with van der Waals surface area (Å²) < 4.78 is 0. The van der Waals surface area contributed by atoms with Crippen molar-refractivity contribution in [3.8, 4) is 0 Å². The molecule has 1 aliphatic heterocycles. The molecule has 8 heteroatoms. The van der Waals surface area contributed by atoms with Gasteiger partial charge in [0.1, 0.15) is 0 Å². The first kappa shape index (κ1) is 23.0. The number of anilines is 3. The number of nitro benzene ring substituents is 1. The number of nitrogens with one attached hydrogen (secondary N) is 2. The van der Waals surface area contributed by atoms with E-state index in [2.05, 4.69) is 15.5 Å². The third-order valence-corrected chi connectivity index (χ3v) is 5.91. The van der Waals surface area contributed by atoms with Crippen LogP contribution in [0.25, 0.3) is 0 Å². The predicted octanol–water partition coefficient (Wildman–Crippen LogP) is 5.40. The number of aryl methyl sites for hydroxylation is 1. The van der Waals surface area contributed by atoms with Gasteiger partial charge in [0.2, 0.25) is 0 Å². The summed E-state index contributed by atoms with van der Waals surface area (Å²) in [4.78, 5) is 38.8. The Morgan fingerprint density at radius 3 is 2.38 bits per heavy atom. The third-order valence-electron chi connectivity index (χ3n) is 5.91. The molecule has 0 atom stereocenters. The van der Waals surface area contributed by atoms with Crippen LogP contribution in [-0.2, 0) is 0 Å². The number of non-ortho nitro benzene ring substituents is 1. The Bertz CT molecular complexity index is 1230. The highest BCUT2D eigenvalue weighted by molar-refractivity contribution is 6.10. The zero-order valence-electron chi connectivity index (χ0n) is 18.9. The fraction of sp³-hybridized carbons (Fsp3) is 0.231. The van der Waals surface area contributed by atoms with Gasteiger partial charge in [-0.25, -0.2) is 0 Å². The molecule has 0 radical (unpaired) electrons. The first-order valence-corrected chi connectivity index (χ1v) is 11.2. The number of nitrogens with zero attached hydrogens (tertiary/aromatic N) is 2. The van der Waals surface area contributed by atoms with Crippen molar-refractivity contribution in [3.05, 3.63) is 93.5 Å². The van der Waals surface area contributed by atoms with Crippen molar-refractivity contribution in [1.82, 2.24) is 0 Å². The van der Waals surface area contributed by atoms with Crippen LogP contribution in [0.4, 0.5) is 22.7 Å². The molecule has 0 aliphatic carbocycles. The summed E-state index contributed by atoms with van der Waals surface area (Å²) in [7, 11) is 0. The summed E-state index contributed by atoms with van der Waals surface area (Å²) in [5.74, 6) is -0.749. The Morgan fingerprint density at radius 2 is 1.65 bits per heavy atom. The number of rotatable bonds is 6. The standard InChI is InChI=1S/C26H26N4O4/c1-18-8-3-4-11-23(18)28-26(32)22-17-20(12-13-24(22)29-14-5-2-6-15-29)27-25(31)19-9-7-10-21(16-19)30(33)34/h3-4,7-13,16-17H,2,5-6,14-15H2,1H3,(H,27,31)(H,28,32). The van der Waals surface area contributed by atoms with Gasteiger partial charge < -0.3 is 15.5 Å². The molecule has 3 aromatic rings. The van der Waals surface area contributed by atoms with Gasteiger partial charge in [0.15, 0.2) is 0 Å². The monoisotopic (exact) mass is 458 g/mol. The second-order valence-corrected chi connectivity index (χ2v) is 8.31. The lowest BCUT2D eigenvalue weighted by molar-refractivity contribution is -0.384. The van der Waals surface area contributed by atoms with Crippen LogP contribution in [0.5, 0.6) is 0 Å². The fourth-order valence-corrected chi connectivity index (χ4v) is 4.07. The van der Waals surface area contributed by atoms with E-state index in [9.17, 15) is 19.7 Å². The molecule has 34 heavy (non-hydrogen) atoms. The Hall–Kier alpha value is -4.20. The van der Waals surface area contributed by atoms with E-state index in [0.717, 1.165) is 42.9 Å². The molecule has 4 rings (SSSR count). The summed E-state index contributed by atoms with van der Waals surface area (Å²) in [6.07, 6.45) is 3.28. The summed E-state index contributed by atoms with van der Waals surface area (Å²) in [5.41, 5.74) is 3.40. The molecule has 2 N–H and O–H groups in total. The first-order valence-electron chi connectivity index (χ1n) is 11.2. The zero-order valence-corrected chi connectivity index (χ0v) is 18.9. The van der Waals surface area contributed by atoms with Crippen molar-refractivity contribution in [2.24, 2.45) is 0 Å². The molecule has 1 saturated heterocycles. The second kappa shape index (κ2) is 10.2. The van der Waals surface area contributed by atoms with E-state index in [1.807, 2.05) is 37.3 Å². The minimum absolute atomic E-state index is 0.161. The van der Waals surface area contributed by atoms with Crippen molar-refractivity contribution in [3.63, 3.8) is 0 Å². The number of carbonyl (C=O) groups excluding carboxylic acids is 2. The molecule has 0 saturated carbocycles. The smallest absolute Gasteiger partial charge is 0.270 e. The van der Waals surface area contributed by atoms with Gasteiger partial charge in [0, 0.05) is 47.8 Å². The van der Waals surface area contributed by atoms with Crippen LogP contribution >= 0.6 is 0 Å². The first-order chi connectivity index (χ1) is 16.4. The maximum absolute atomic E-state index is 13.3. The van der Waals surface area contributed by atoms with Gasteiger partial charge in [-0.05, 0) is 62.1 Å². The molecule has 0 bridgehead atoms. The number of nitro groups is 1. The van der Waals surface area contributed by atoms with E-state index in [1.54, 1.807) is 12.1 Å². The topological polar surface area (TPSA) is 105 Å². The maximum Gasteiger partial charge on any atom is 0.270 e. The van der Waals surface area contributed by atoms with E-state index in [-0.39, 0.29) is 17.2 Å². The minimum Gasteiger partial charge on any atom is -0.371 e. The summed E-state index contributed by atoms with van der Waals surface area (Å²) in [6, 6.07) is 18.3. The summed E-state index contributed by atoms with van der Waals surface area (Å²) in [6.45, 7) is 3.66. The van der Waals surface area contributed by atoms with E-state index >= 15 is 0 Å². The predicted molar refractivity (Wildman–Crippen MR) is 133 cm³/mol. The van der Waals surface area contributed by atoms with Crippen LogP contribution in [0.1, 0.15) is 45.5 Å².